The fourth-order valence-electron chi connectivity index (χ4n) is 3.28. The van der Waals surface area contributed by atoms with Gasteiger partial charge in [0.1, 0.15) is 0 Å². The summed E-state index contributed by atoms with van der Waals surface area (Å²) in [5, 5.41) is 2.88. The maximum Gasteiger partial charge on any atom is 0.255 e. The maximum absolute atomic E-state index is 12.9. The molecule has 6 heteroatoms. The van der Waals surface area contributed by atoms with Crippen LogP contribution in [-0.4, -0.2) is 31.7 Å². The first kappa shape index (κ1) is 19.6. The molecule has 0 saturated carbocycles. The molecule has 144 valence electrons. The molecule has 0 aliphatic carbocycles. The Balaban J connectivity index is 1.88. The topological polar surface area (TPSA) is 66.5 Å². The molecule has 1 aliphatic rings. The molecule has 0 radical (unpaired) electrons. The van der Waals surface area contributed by atoms with E-state index in [1.165, 1.54) is 10.4 Å². The molecule has 1 aliphatic heterocycles. The monoisotopic (exact) mass is 386 g/mol. The largest absolute Gasteiger partial charge is 0.322 e. The molecule has 2 aromatic carbocycles. The lowest BCUT2D eigenvalue weighted by Crippen LogP contribution is -2.35. The normalized spacial score (nSPS) is 15.5. The molecule has 5 nitrogen and oxygen atoms in total. The Morgan fingerprint density at radius 2 is 1.56 bits per heavy atom. The van der Waals surface area contributed by atoms with Gasteiger partial charge in [-0.1, -0.05) is 18.6 Å². The van der Waals surface area contributed by atoms with Gasteiger partial charge in [0.2, 0.25) is 10.0 Å². The molecule has 1 saturated heterocycles. The number of anilines is 1. The van der Waals surface area contributed by atoms with E-state index in [1.54, 1.807) is 12.1 Å². The highest BCUT2D eigenvalue weighted by atomic mass is 32.2. The van der Waals surface area contributed by atoms with Crippen molar-refractivity contribution < 1.29 is 13.2 Å². The molecule has 1 fully saturated rings. The molecule has 1 heterocycles. The number of carbonyl (C=O) groups excluding carboxylic acids is 1. The van der Waals surface area contributed by atoms with E-state index in [2.05, 4.69) is 5.32 Å². The average molecular weight is 387 g/mol. The summed E-state index contributed by atoms with van der Waals surface area (Å²) in [6, 6.07) is 10.5. The smallest absolute Gasteiger partial charge is 0.255 e. The third-order valence-electron chi connectivity index (χ3n) is 5.17. The van der Waals surface area contributed by atoms with E-state index >= 15 is 0 Å². The van der Waals surface area contributed by atoms with E-state index in [0.717, 1.165) is 36.0 Å². The van der Waals surface area contributed by atoms with E-state index in [9.17, 15) is 13.2 Å². The van der Waals surface area contributed by atoms with Crippen molar-refractivity contribution in [3.8, 4) is 0 Å². The minimum absolute atomic E-state index is 0.181. The summed E-state index contributed by atoms with van der Waals surface area (Å²) >= 11 is 0. The maximum atomic E-state index is 12.9. The fraction of sp³-hybridized carbons (Fsp3) is 0.381. The second kappa shape index (κ2) is 7.82. The number of nitrogens with one attached hydrogen (secondary N) is 1. The van der Waals surface area contributed by atoms with Crippen LogP contribution in [0.5, 0.6) is 0 Å². The number of rotatable bonds is 4. The highest BCUT2D eigenvalue weighted by Crippen LogP contribution is 2.24. The van der Waals surface area contributed by atoms with Gasteiger partial charge in [-0.15, -0.1) is 0 Å². The molecular formula is C21H26N2O3S. The standard InChI is InChI=1S/C21H26N2O3S/c1-15-7-9-18(13-17(15)3)22-21(24)20-14-19(10-8-16(20)2)27(25,26)23-11-5-4-6-12-23/h7-10,13-14H,4-6,11-12H2,1-3H3,(H,22,24). The highest BCUT2D eigenvalue weighted by molar-refractivity contribution is 7.89. The summed E-state index contributed by atoms with van der Waals surface area (Å²) in [6.45, 7) is 6.90. The van der Waals surface area contributed by atoms with Gasteiger partial charge in [0.25, 0.3) is 5.91 Å². The van der Waals surface area contributed by atoms with Crippen LogP contribution in [0.1, 0.15) is 46.3 Å². The molecule has 0 unspecified atom stereocenters. The van der Waals surface area contributed by atoms with Gasteiger partial charge in [0.15, 0.2) is 0 Å². The predicted molar refractivity (Wildman–Crippen MR) is 108 cm³/mol. The van der Waals surface area contributed by atoms with Crippen molar-refractivity contribution in [1.29, 1.82) is 0 Å². The quantitative estimate of drug-likeness (QED) is 0.862. The molecule has 27 heavy (non-hydrogen) atoms. The minimum atomic E-state index is -3.57. The van der Waals surface area contributed by atoms with Crippen LogP contribution in [0, 0.1) is 20.8 Å². The Morgan fingerprint density at radius 1 is 0.889 bits per heavy atom. The van der Waals surface area contributed by atoms with E-state index in [-0.39, 0.29) is 10.8 Å². The van der Waals surface area contributed by atoms with Gasteiger partial charge in [-0.3, -0.25) is 4.79 Å². The summed E-state index contributed by atoms with van der Waals surface area (Å²) in [7, 11) is -3.57. The molecule has 1 N–H and O–H groups in total. The van der Waals surface area contributed by atoms with Crippen molar-refractivity contribution in [1.82, 2.24) is 4.31 Å². The van der Waals surface area contributed by atoms with E-state index in [1.807, 2.05) is 39.0 Å². The first-order chi connectivity index (χ1) is 12.8. The van der Waals surface area contributed by atoms with Crippen LogP contribution >= 0.6 is 0 Å². The number of nitrogens with zero attached hydrogens (tertiary/aromatic N) is 1. The van der Waals surface area contributed by atoms with Crippen LogP contribution in [0.3, 0.4) is 0 Å². The Kier molecular flexibility index (Phi) is 5.67. The Labute approximate surface area is 161 Å². The fourth-order valence-corrected chi connectivity index (χ4v) is 4.82. The van der Waals surface area contributed by atoms with Crippen molar-refractivity contribution >= 4 is 21.6 Å². The van der Waals surface area contributed by atoms with Crippen molar-refractivity contribution in [2.24, 2.45) is 0 Å². The van der Waals surface area contributed by atoms with Crippen molar-refractivity contribution in [2.45, 2.75) is 44.9 Å². The number of hydrogen-bond acceptors (Lipinski definition) is 3. The Bertz CT molecular complexity index is 961. The van der Waals surface area contributed by atoms with Gasteiger partial charge in [0.05, 0.1) is 4.90 Å². The van der Waals surface area contributed by atoms with Crippen LogP contribution in [0.2, 0.25) is 0 Å². The van der Waals surface area contributed by atoms with Crippen LogP contribution in [0.15, 0.2) is 41.3 Å². The van der Waals surface area contributed by atoms with Gasteiger partial charge in [0, 0.05) is 24.3 Å². The van der Waals surface area contributed by atoms with Crippen molar-refractivity contribution in [2.75, 3.05) is 18.4 Å². The van der Waals surface area contributed by atoms with E-state index < -0.39 is 10.0 Å². The SMILES string of the molecule is Cc1ccc(NC(=O)c2cc(S(=O)(=O)N3CCCCC3)ccc2C)cc1C. The summed E-state index contributed by atoms with van der Waals surface area (Å²) < 4.78 is 27.3. The van der Waals surface area contributed by atoms with Gasteiger partial charge < -0.3 is 5.32 Å². The zero-order valence-electron chi connectivity index (χ0n) is 16.1. The van der Waals surface area contributed by atoms with Gasteiger partial charge in [-0.2, -0.15) is 4.31 Å². The molecule has 0 aromatic heterocycles. The Hall–Kier alpha value is -2.18. The van der Waals surface area contributed by atoms with Gasteiger partial charge in [-0.05, 0) is 74.6 Å². The minimum Gasteiger partial charge on any atom is -0.322 e. The summed E-state index contributed by atoms with van der Waals surface area (Å²) in [5.74, 6) is -0.300. The molecule has 1 amide bonds. The lowest BCUT2D eigenvalue weighted by Gasteiger charge is -2.26. The first-order valence-corrected chi connectivity index (χ1v) is 10.7. The van der Waals surface area contributed by atoms with Crippen molar-refractivity contribution in [3.05, 3.63) is 58.7 Å². The molecule has 2 aromatic rings. The predicted octanol–water partition coefficient (Wildman–Crippen LogP) is 4.04. The molecule has 3 rings (SSSR count). The Morgan fingerprint density at radius 3 is 2.22 bits per heavy atom. The summed E-state index contributed by atoms with van der Waals surface area (Å²) in [6.07, 6.45) is 2.82. The lowest BCUT2D eigenvalue weighted by atomic mass is 10.1. The van der Waals surface area contributed by atoms with E-state index in [0.29, 0.717) is 24.3 Å². The summed E-state index contributed by atoms with van der Waals surface area (Å²) in [4.78, 5) is 12.9. The number of benzene rings is 2. The number of aryl methyl sites for hydroxylation is 3. The molecule has 0 atom stereocenters. The van der Waals surface area contributed by atoms with Crippen LogP contribution in [-0.2, 0) is 10.0 Å². The number of amides is 1. The van der Waals surface area contributed by atoms with Gasteiger partial charge in [-0.25, -0.2) is 8.42 Å². The van der Waals surface area contributed by atoms with Crippen LogP contribution in [0.25, 0.3) is 0 Å². The second-order valence-electron chi connectivity index (χ2n) is 7.19. The van der Waals surface area contributed by atoms with Crippen LogP contribution < -0.4 is 5.32 Å². The average Bonchev–Trinajstić information content (AvgIpc) is 2.65. The lowest BCUT2D eigenvalue weighted by molar-refractivity contribution is 0.102. The van der Waals surface area contributed by atoms with E-state index in [4.69, 9.17) is 0 Å². The first-order valence-electron chi connectivity index (χ1n) is 9.28. The third kappa shape index (κ3) is 4.22. The number of sulfonamides is 1. The zero-order chi connectivity index (χ0) is 19.6. The van der Waals surface area contributed by atoms with Gasteiger partial charge >= 0.3 is 0 Å². The van der Waals surface area contributed by atoms with Crippen LogP contribution in [0.4, 0.5) is 5.69 Å². The third-order valence-corrected chi connectivity index (χ3v) is 7.07. The summed E-state index contributed by atoms with van der Waals surface area (Å²) in [5.41, 5.74) is 4.07. The second-order valence-corrected chi connectivity index (χ2v) is 9.13. The highest BCUT2D eigenvalue weighted by Gasteiger charge is 2.27. The number of carbonyl (C=O) groups is 1. The number of hydrogen-bond donors (Lipinski definition) is 1. The molecule has 0 spiro atoms. The van der Waals surface area contributed by atoms with Crippen molar-refractivity contribution in [3.63, 3.8) is 0 Å². The zero-order valence-corrected chi connectivity index (χ0v) is 16.9. The number of piperidine rings is 1. The molecular weight excluding hydrogens is 360 g/mol. The molecule has 0 bridgehead atoms.